The average Bonchev–Trinajstić information content (AvgIpc) is 2.20. The minimum Gasteiger partial charge on any atom is -0.515 e. The van der Waals surface area contributed by atoms with Crippen LogP contribution in [0.1, 0.15) is 5.56 Å². The van der Waals surface area contributed by atoms with E-state index in [0.29, 0.717) is 18.1 Å². The van der Waals surface area contributed by atoms with Gasteiger partial charge in [0.05, 0.1) is 16.8 Å². The Labute approximate surface area is 79.4 Å². The first-order chi connectivity index (χ1) is 6.69. The molecule has 0 aliphatic heterocycles. The van der Waals surface area contributed by atoms with Crippen LogP contribution in [0.3, 0.4) is 0 Å². The third-order valence-corrected chi connectivity index (χ3v) is 1.68. The Bertz CT molecular complexity index is 380. The van der Waals surface area contributed by atoms with Crippen molar-refractivity contribution in [3.8, 4) is 0 Å². The smallest absolute Gasteiger partial charge is 0.269 e. The molecule has 1 aromatic rings. The number of aliphatic hydroxyl groups is 1. The van der Waals surface area contributed by atoms with Gasteiger partial charge in [-0.2, -0.15) is 0 Å². The largest absolute Gasteiger partial charge is 0.515 e. The molecular formula is C9H7NO4. The number of nitro groups is 1. The maximum Gasteiger partial charge on any atom is 0.269 e. The number of carbonyl (C=O) groups is 1. The minimum absolute atomic E-state index is 0.0584. The van der Waals surface area contributed by atoms with Crippen LogP contribution in [0.25, 0.3) is 5.57 Å². The first-order valence-corrected chi connectivity index (χ1v) is 3.73. The van der Waals surface area contributed by atoms with Crippen molar-refractivity contribution in [2.24, 2.45) is 0 Å². The quantitative estimate of drug-likeness (QED) is 0.260. The van der Waals surface area contributed by atoms with Crippen molar-refractivity contribution in [1.82, 2.24) is 0 Å². The number of nitrogens with zero attached hydrogens (tertiary/aromatic N) is 1. The van der Waals surface area contributed by atoms with E-state index in [9.17, 15) is 14.9 Å². The van der Waals surface area contributed by atoms with Crippen molar-refractivity contribution in [2.75, 3.05) is 0 Å². The molecule has 0 bridgehead atoms. The Kier molecular flexibility index (Phi) is 2.96. The van der Waals surface area contributed by atoms with Crippen molar-refractivity contribution in [3.05, 3.63) is 46.2 Å². The van der Waals surface area contributed by atoms with Crippen LogP contribution in [0.4, 0.5) is 5.69 Å². The second kappa shape index (κ2) is 4.18. The van der Waals surface area contributed by atoms with E-state index in [0.717, 1.165) is 0 Å². The lowest BCUT2D eigenvalue weighted by Gasteiger charge is -1.97. The van der Waals surface area contributed by atoms with Crippen molar-refractivity contribution >= 4 is 17.5 Å². The zero-order valence-electron chi connectivity index (χ0n) is 7.08. The van der Waals surface area contributed by atoms with E-state index in [1.54, 1.807) is 0 Å². The highest BCUT2D eigenvalue weighted by atomic mass is 16.6. The Balaban J connectivity index is 3.05. The summed E-state index contributed by atoms with van der Waals surface area (Å²) in [5, 5.41) is 18.9. The number of aldehydes is 1. The van der Waals surface area contributed by atoms with Gasteiger partial charge in [-0.25, -0.2) is 0 Å². The van der Waals surface area contributed by atoms with Gasteiger partial charge in [0.2, 0.25) is 0 Å². The van der Waals surface area contributed by atoms with E-state index in [1.807, 2.05) is 0 Å². The summed E-state index contributed by atoms with van der Waals surface area (Å²) in [5.41, 5.74) is 0.463. The standard InChI is InChI=1S/C9H7NO4/c11-5-8(6-12)7-1-3-9(4-2-7)10(13)14/h1-6,11H. The Morgan fingerprint density at radius 3 is 2.29 bits per heavy atom. The highest BCUT2D eigenvalue weighted by Crippen LogP contribution is 2.16. The topological polar surface area (TPSA) is 80.4 Å². The molecule has 5 heteroatoms. The van der Waals surface area contributed by atoms with Gasteiger partial charge in [0.15, 0.2) is 6.29 Å². The van der Waals surface area contributed by atoms with Crippen LogP contribution in [-0.4, -0.2) is 16.3 Å². The van der Waals surface area contributed by atoms with Crippen molar-refractivity contribution in [2.45, 2.75) is 0 Å². The van der Waals surface area contributed by atoms with Crippen molar-refractivity contribution in [3.63, 3.8) is 0 Å². The molecule has 5 nitrogen and oxygen atoms in total. The van der Waals surface area contributed by atoms with Gasteiger partial charge >= 0.3 is 0 Å². The molecule has 0 aliphatic carbocycles. The summed E-state index contributed by atoms with van der Waals surface area (Å²) in [6, 6.07) is 5.33. The number of hydrogen-bond acceptors (Lipinski definition) is 4. The Morgan fingerprint density at radius 2 is 1.93 bits per heavy atom. The number of rotatable bonds is 3. The molecule has 0 spiro atoms. The summed E-state index contributed by atoms with van der Waals surface area (Å²) >= 11 is 0. The predicted octanol–water partition coefficient (Wildman–Crippen LogP) is 1.69. The molecule has 0 heterocycles. The monoisotopic (exact) mass is 193 g/mol. The first-order valence-electron chi connectivity index (χ1n) is 3.73. The summed E-state index contributed by atoms with van der Waals surface area (Å²) < 4.78 is 0. The lowest BCUT2D eigenvalue weighted by molar-refractivity contribution is -0.384. The summed E-state index contributed by atoms with van der Waals surface area (Å²) in [6.07, 6.45) is 1.13. The fraction of sp³-hybridized carbons (Fsp3) is 0. The summed E-state index contributed by atoms with van der Waals surface area (Å²) in [4.78, 5) is 20.2. The molecule has 0 amide bonds. The van der Waals surface area contributed by atoms with Crippen LogP contribution in [0, 0.1) is 10.1 Å². The summed E-state index contributed by atoms with van der Waals surface area (Å²) in [5.74, 6) is 0. The Hall–Kier alpha value is -2.17. The van der Waals surface area contributed by atoms with E-state index in [1.165, 1.54) is 24.3 Å². The number of benzene rings is 1. The molecule has 0 fully saturated rings. The average molecular weight is 193 g/mol. The van der Waals surface area contributed by atoms with Crippen LogP contribution in [0.2, 0.25) is 0 Å². The summed E-state index contributed by atoms with van der Waals surface area (Å²) in [6.45, 7) is 0. The molecule has 1 rings (SSSR count). The van der Waals surface area contributed by atoms with Crippen LogP contribution in [0.5, 0.6) is 0 Å². The van der Waals surface area contributed by atoms with E-state index in [4.69, 9.17) is 5.11 Å². The molecular weight excluding hydrogens is 186 g/mol. The SMILES string of the molecule is O=CC(=CO)c1ccc([N+](=O)[O-])cc1. The van der Waals surface area contributed by atoms with Gasteiger partial charge < -0.3 is 5.11 Å². The lowest BCUT2D eigenvalue weighted by Crippen LogP contribution is -1.89. The highest BCUT2D eigenvalue weighted by molar-refractivity contribution is 6.06. The third-order valence-electron chi connectivity index (χ3n) is 1.68. The fourth-order valence-corrected chi connectivity index (χ4v) is 0.949. The van der Waals surface area contributed by atoms with E-state index >= 15 is 0 Å². The zero-order chi connectivity index (χ0) is 10.6. The molecule has 1 aromatic carbocycles. The zero-order valence-corrected chi connectivity index (χ0v) is 7.08. The molecule has 0 radical (unpaired) electrons. The highest BCUT2D eigenvalue weighted by Gasteiger charge is 2.05. The van der Waals surface area contributed by atoms with Gasteiger partial charge in [-0.05, 0) is 17.7 Å². The number of allylic oxidation sites excluding steroid dienone is 1. The number of hydrogen-bond donors (Lipinski definition) is 1. The maximum atomic E-state index is 10.4. The normalized spacial score (nSPS) is 11.0. The van der Waals surface area contributed by atoms with Gasteiger partial charge in [0.1, 0.15) is 0 Å². The molecule has 14 heavy (non-hydrogen) atoms. The van der Waals surface area contributed by atoms with E-state index in [2.05, 4.69) is 0 Å². The minimum atomic E-state index is -0.535. The third kappa shape index (κ3) is 1.95. The molecule has 0 aliphatic rings. The molecule has 0 atom stereocenters. The molecule has 0 saturated carbocycles. The number of non-ortho nitro benzene ring substituents is 1. The molecule has 0 aromatic heterocycles. The first kappa shape index (κ1) is 9.91. The van der Waals surface area contributed by atoms with E-state index in [-0.39, 0.29) is 11.3 Å². The van der Waals surface area contributed by atoms with Crippen molar-refractivity contribution in [1.29, 1.82) is 0 Å². The van der Waals surface area contributed by atoms with E-state index < -0.39 is 4.92 Å². The van der Waals surface area contributed by atoms with Crippen LogP contribution in [-0.2, 0) is 4.79 Å². The van der Waals surface area contributed by atoms with Gasteiger partial charge in [0.25, 0.3) is 5.69 Å². The molecule has 1 N–H and O–H groups in total. The van der Waals surface area contributed by atoms with Gasteiger partial charge in [-0.15, -0.1) is 0 Å². The van der Waals surface area contributed by atoms with Crippen LogP contribution < -0.4 is 0 Å². The second-order valence-electron chi connectivity index (χ2n) is 2.51. The predicted molar refractivity (Wildman–Crippen MR) is 49.8 cm³/mol. The fourth-order valence-electron chi connectivity index (χ4n) is 0.949. The van der Waals surface area contributed by atoms with Gasteiger partial charge in [-0.1, -0.05) is 0 Å². The molecule has 0 unspecified atom stereocenters. The summed E-state index contributed by atoms with van der Waals surface area (Å²) in [7, 11) is 0. The van der Waals surface area contributed by atoms with Crippen molar-refractivity contribution < 1.29 is 14.8 Å². The maximum absolute atomic E-state index is 10.4. The van der Waals surface area contributed by atoms with Gasteiger partial charge in [0, 0.05) is 12.1 Å². The number of carbonyl (C=O) groups excluding carboxylic acids is 1. The second-order valence-corrected chi connectivity index (χ2v) is 2.51. The molecule has 0 saturated heterocycles. The number of aliphatic hydroxyl groups excluding tert-OH is 1. The lowest BCUT2D eigenvalue weighted by atomic mass is 10.1. The Morgan fingerprint density at radius 1 is 1.36 bits per heavy atom. The molecule has 72 valence electrons. The van der Waals surface area contributed by atoms with Gasteiger partial charge in [-0.3, -0.25) is 14.9 Å². The van der Waals surface area contributed by atoms with Crippen LogP contribution >= 0.6 is 0 Å². The number of nitro benzene ring substituents is 1. The van der Waals surface area contributed by atoms with Crippen LogP contribution in [0.15, 0.2) is 30.5 Å².